The first-order chi connectivity index (χ1) is 13.0. The maximum absolute atomic E-state index is 14.8. The Hall–Kier alpha value is -2.52. The van der Waals surface area contributed by atoms with E-state index in [9.17, 15) is 8.78 Å². The molecule has 0 saturated heterocycles. The van der Waals surface area contributed by atoms with E-state index in [-0.39, 0.29) is 11.6 Å². The minimum Gasteiger partial charge on any atom is -0.206 e. The predicted octanol–water partition coefficient (Wildman–Crippen LogP) is 7.83. The molecule has 0 aliphatic carbocycles. The molecular formula is C24H17BrF2. The summed E-state index contributed by atoms with van der Waals surface area (Å²) in [6, 6.07) is 19.8. The van der Waals surface area contributed by atoms with Crippen LogP contribution < -0.4 is 0 Å². The first-order valence-corrected chi connectivity index (χ1v) is 9.50. The van der Waals surface area contributed by atoms with Crippen LogP contribution in [0.2, 0.25) is 0 Å². The monoisotopic (exact) mass is 422 g/mol. The van der Waals surface area contributed by atoms with Crippen LogP contribution in [0.1, 0.15) is 11.1 Å². The van der Waals surface area contributed by atoms with E-state index in [0.717, 1.165) is 37.5 Å². The van der Waals surface area contributed by atoms with Crippen LogP contribution in [0.25, 0.3) is 33.0 Å². The third-order valence-electron chi connectivity index (χ3n) is 5.15. The summed E-state index contributed by atoms with van der Waals surface area (Å²) in [6.45, 7) is 3.92. The molecule has 27 heavy (non-hydrogen) atoms. The van der Waals surface area contributed by atoms with Crippen LogP contribution in [0.15, 0.2) is 71.2 Å². The van der Waals surface area contributed by atoms with Crippen molar-refractivity contribution >= 4 is 26.7 Å². The van der Waals surface area contributed by atoms with Crippen molar-refractivity contribution in [2.24, 2.45) is 0 Å². The van der Waals surface area contributed by atoms with Crippen LogP contribution in [0.3, 0.4) is 0 Å². The molecule has 0 heterocycles. The number of fused-ring (bicyclic) bond motifs is 1. The highest BCUT2D eigenvalue weighted by Gasteiger charge is 2.17. The summed E-state index contributed by atoms with van der Waals surface area (Å²) >= 11 is 3.41. The highest BCUT2D eigenvalue weighted by atomic mass is 79.9. The molecule has 0 atom stereocenters. The molecule has 3 heteroatoms. The Morgan fingerprint density at radius 3 is 2.15 bits per heavy atom. The minimum absolute atomic E-state index is 0.252. The summed E-state index contributed by atoms with van der Waals surface area (Å²) in [5.41, 5.74) is 4.67. The van der Waals surface area contributed by atoms with Crippen molar-refractivity contribution in [3.8, 4) is 22.3 Å². The van der Waals surface area contributed by atoms with Crippen molar-refractivity contribution in [3.63, 3.8) is 0 Å². The number of hydrogen-bond donors (Lipinski definition) is 0. The van der Waals surface area contributed by atoms with Gasteiger partial charge in [0.05, 0.1) is 0 Å². The molecule has 4 rings (SSSR count). The number of halogens is 3. The number of hydrogen-bond acceptors (Lipinski definition) is 0. The normalized spacial score (nSPS) is 11.1. The highest BCUT2D eigenvalue weighted by molar-refractivity contribution is 9.10. The second-order valence-corrected chi connectivity index (χ2v) is 7.59. The summed E-state index contributed by atoms with van der Waals surface area (Å²) in [5.74, 6) is -0.526. The van der Waals surface area contributed by atoms with Crippen LogP contribution >= 0.6 is 15.9 Å². The molecule has 0 saturated carbocycles. The summed E-state index contributed by atoms with van der Waals surface area (Å²) in [4.78, 5) is 0. The van der Waals surface area contributed by atoms with Crippen LogP contribution in [-0.4, -0.2) is 0 Å². The van der Waals surface area contributed by atoms with E-state index < -0.39 is 0 Å². The molecule has 4 aromatic carbocycles. The van der Waals surface area contributed by atoms with E-state index >= 15 is 0 Å². The largest absolute Gasteiger partial charge is 0.206 e. The molecule has 0 fully saturated rings. The van der Waals surface area contributed by atoms with Gasteiger partial charge in [-0.3, -0.25) is 0 Å². The van der Waals surface area contributed by atoms with Gasteiger partial charge in [-0.05, 0) is 71.1 Å². The van der Waals surface area contributed by atoms with Gasteiger partial charge in [-0.1, -0.05) is 58.4 Å². The van der Waals surface area contributed by atoms with Gasteiger partial charge in [0.2, 0.25) is 0 Å². The molecule has 0 aromatic heterocycles. The fourth-order valence-corrected chi connectivity index (χ4v) is 3.97. The molecule has 0 bridgehead atoms. The summed E-state index contributed by atoms with van der Waals surface area (Å²) in [6.07, 6.45) is 0. The van der Waals surface area contributed by atoms with E-state index in [4.69, 9.17) is 0 Å². The molecule has 134 valence electrons. The fraction of sp³-hybridized carbons (Fsp3) is 0.0833. The second kappa shape index (κ2) is 6.90. The van der Waals surface area contributed by atoms with Gasteiger partial charge in [0.1, 0.15) is 11.6 Å². The molecule has 0 N–H and O–H groups in total. The van der Waals surface area contributed by atoms with E-state index in [1.165, 1.54) is 12.1 Å². The summed E-state index contributed by atoms with van der Waals surface area (Å²) in [5, 5.41) is 1.87. The standard InChI is InChI=1S/C24H17BrF2/c1-14-15(2)19(10-9-18(14)21-13-17(25)8-12-22(21)26)24-20-6-4-3-5-16(20)7-11-23(24)27/h3-13H,1-2H3. The third-order valence-corrected chi connectivity index (χ3v) is 5.65. The fourth-order valence-electron chi connectivity index (χ4n) is 3.61. The molecular weight excluding hydrogens is 406 g/mol. The van der Waals surface area contributed by atoms with Crippen LogP contribution in [0, 0.1) is 25.5 Å². The lowest BCUT2D eigenvalue weighted by atomic mass is 9.88. The summed E-state index contributed by atoms with van der Waals surface area (Å²) in [7, 11) is 0. The molecule has 0 amide bonds. The average molecular weight is 423 g/mol. The van der Waals surface area contributed by atoms with Crippen molar-refractivity contribution in [1.82, 2.24) is 0 Å². The molecule has 0 aliphatic heterocycles. The van der Waals surface area contributed by atoms with E-state index in [1.807, 2.05) is 50.2 Å². The SMILES string of the molecule is Cc1c(-c2cc(Br)ccc2F)ccc(-c2c(F)ccc3ccccc23)c1C. The van der Waals surface area contributed by atoms with E-state index in [2.05, 4.69) is 15.9 Å². The Balaban J connectivity index is 1.97. The van der Waals surface area contributed by atoms with Gasteiger partial charge in [-0.25, -0.2) is 8.78 Å². The number of benzene rings is 4. The van der Waals surface area contributed by atoms with Crippen molar-refractivity contribution in [3.05, 3.63) is 94.0 Å². The van der Waals surface area contributed by atoms with Crippen molar-refractivity contribution < 1.29 is 8.78 Å². The Kier molecular flexibility index (Phi) is 4.56. The second-order valence-electron chi connectivity index (χ2n) is 6.68. The van der Waals surface area contributed by atoms with Crippen LogP contribution in [0.4, 0.5) is 8.78 Å². The Morgan fingerprint density at radius 2 is 1.33 bits per heavy atom. The quantitative estimate of drug-likeness (QED) is 0.308. The zero-order valence-electron chi connectivity index (χ0n) is 15.0. The van der Waals surface area contributed by atoms with E-state index in [0.29, 0.717) is 11.1 Å². The third kappa shape index (κ3) is 3.06. The zero-order chi connectivity index (χ0) is 19.1. The van der Waals surface area contributed by atoms with Crippen molar-refractivity contribution in [2.45, 2.75) is 13.8 Å². The zero-order valence-corrected chi connectivity index (χ0v) is 16.6. The minimum atomic E-state index is -0.273. The molecule has 0 radical (unpaired) electrons. The maximum Gasteiger partial charge on any atom is 0.131 e. The van der Waals surface area contributed by atoms with Crippen LogP contribution in [0.5, 0.6) is 0 Å². The first-order valence-electron chi connectivity index (χ1n) is 8.70. The topological polar surface area (TPSA) is 0 Å². The van der Waals surface area contributed by atoms with Gasteiger partial charge >= 0.3 is 0 Å². The molecule has 0 aliphatic rings. The van der Waals surface area contributed by atoms with Gasteiger partial charge in [0.25, 0.3) is 0 Å². The summed E-state index contributed by atoms with van der Waals surface area (Å²) < 4.78 is 30.0. The van der Waals surface area contributed by atoms with Crippen LogP contribution in [-0.2, 0) is 0 Å². The lowest BCUT2D eigenvalue weighted by Crippen LogP contribution is -1.96. The van der Waals surface area contributed by atoms with Gasteiger partial charge in [0.15, 0.2) is 0 Å². The highest BCUT2D eigenvalue weighted by Crippen LogP contribution is 2.38. The predicted molar refractivity (Wildman–Crippen MR) is 112 cm³/mol. The smallest absolute Gasteiger partial charge is 0.131 e. The molecule has 4 aromatic rings. The van der Waals surface area contributed by atoms with Crippen molar-refractivity contribution in [2.75, 3.05) is 0 Å². The van der Waals surface area contributed by atoms with E-state index in [1.54, 1.807) is 18.2 Å². The number of rotatable bonds is 2. The lowest BCUT2D eigenvalue weighted by Gasteiger charge is -2.17. The molecule has 0 spiro atoms. The van der Waals surface area contributed by atoms with Gasteiger partial charge in [-0.2, -0.15) is 0 Å². The van der Waals surface area contributed by atoms with Crippen molar-refractivity contribution in [1.29, 1.82) is 0 Å². The molecule has 0 nitrogen and oxygen atoms in total. The Labute approximate surface area is 165 Å². The average Bonchev–Trinajstić information content (AvgIpc) is 2.67. The van der Waals surface area contributed by atoms with Gasteiger partial charge < -0.3 is 0 Å². The maximum atomic E-state index is 14.8. The first kappa shape index (κ1) is 17.9. The molecule has 0 unspecified atom stereocenters. The Bertz CT molecular complexity index is 1180. The Morgan fingerprint density at radius 1 is 0.667 bits per heavy atom. The van der Waals surface area contributed by atoms with Gasteiger partial charge in [-0.15, -0.1) is 0 Å². The van der Waals surface area contributed by atoms with Gasteiger partial charge in [0, 0.05) is 15.6 Å². The lowest BCUT2D eigenvalue weighted by molar-refractivity contribution is 0.630.